The minimum atomic E-state index is -3.66. The molecule has 3 rings (SSSR count). The average Bonchev–Trinajstić information content (AvgIpc) is 3.16. The van der Waals surface area contributed by atoms with Gasteiger partial charge in [-0.1, -0.05) is 29.5 Å². The third kappa shape index (κ3) is 5.27. The van der Waals surface area contributed by atoms with Gasteiger partial charge in [0.05, 0.1) is 23.3 Å². The van der Waals surface area contributed by atoms with E-state index in [-0.39, 0.29) is 23.4 Å². The molecule has 152 valence electrons. The molecule has 1 amide bonds. The second-order valence-electron chi connectivity index (χ2n) is 6.89. The lowest BCUT2D eigenvalue weighted by molar-refractivity contribution is -0.114. The average molecular weight is 414 g/mol. The number of carbonyl (C=O) groups excluding carboxylic acids is 1. The zero-order chi connectivity index (χ0) is 21.0. The number of sulfonamides is 1. The Morgan fingerprint density at radius 2 is 1.62 bits per heavy atom. The SMILES string of the molecule is CC(=O)Nc1ccc(-c2ccc(S(=O)(=O)NCc3cn(C(C)C)nn3)cc2)cc1. The van der Waals surface area contributed by atoms with Crippen LogP contribution in [0.1, 0.15) is 32.5 Å². The lowest BCUT2D eigenvalue weighted by Crippen LogP contribution is -2.23. The Kier molecular flexibility index (Phi) is 6.09. The third-order valence-corrected chi connectivity index (χ3v) is 5.65. The molecule has 2 N–H and O–H groups in total. The molecule has 0 atom stereocenters. The van der Waals surface area contributed by atoms with E-state index in [4.69, 9.17) is 0 Å². The fourth-order valence-electron chi connectivity index (χ4n) is 2.67. The minimum absolute atomic E-state index is 0.0708. The Morgan fingerprint density at radius 3 is 2.14 bits per heavy atom. The Morgan fingerprint density at radius 1 is 1.03 bits per heavy atom. The molecule has 9 heteroatoms. The van der Waals surface area contributed by atoms with Crippen LogP contribution in [-0.4, -0.2) is 29.3 Å². The first-order valence-electron chi connectivity index (χ1n) is 9.13. The van der Waals surface area contributed by atoms with Crippen molar-refractivity contribution in [3.63, 3.8) is 0 Å². The van der Waals surface area contributed by atoms with Gasteiger partial charge in [-0.05, 0) is 49.2 Å². The first-order valence-corrected chi connectivity index (χ1v) is 10.6. The first-order chi connectivity index (χ1) is 13.7. The molecule has 2 aromatic carbocycles. The predicted octanol–water partition coefficient (Wildman–Crippen LogP) is 2.96. The number of rotatable bonds is 7. The molecule has 0 spiro atoms. The van der Waals surface area contributed by atoms with Crippen LogP contribution in [0.4, 0.5) is 5.69 Å². The highest BCUT2D eigenvalue weighted by molar-refractivity contribution is 7.89. The summed E-state index contributed by atoms with van der Waals surface area (Å²) in [7, 11) is -3.66. The number of nitrogens with one attached hydrogen (secondary N) is 2. The molecule has 0 aliphatic carbocycles. The van der Waals surface area contributed by atoms with Gasteiger partial charge in [-0.25, -0.2) is 17.8 Å². The minimum Gasteiger partial charge on any atom is -0.326 e. The lowest BCUT2D eigenvalue weighted by atomic mass is 10.1. The van der Waals surface area contributed by atoms with E-state index in [1.807, 2.05) is 26.0 Å². The van der Waals surface area contributed by atoms with E-state index in [2.05, 4.69) is 20.4 Å². The van der Waals surface area contributed by atoms with Crippen LogP contribution in [0.3, 0.4) is 0 Å². The number of amides is 1. The monoisotopic (exact) mass is 413 g/mol. The summed E-state index contributed by atoms with van der Waals surface area (Å²) in [6.07, 6.45) is 1.72. The smallest absolute Gasteiger partial charge is 0.240 e. The van der Waals surface area contributed by atoms with Gasteiger partial charge in [0.2, 0.25) is 15.9 Å². The molecule has 29 heavy (non-hydrogen) atoms. The van der Waals surface area contributed by atoms with Gasteiger partial charge in [-0.3, -0.25) is 4.79 Å². The number of hydrogen-bond acceptors (Lipinski definition) is 5. The van der Waals surface area contributed by atoms with Gasteiger partial charge in [0.1, 0.15) is 0 Å². The van der Waals surface area contributed by atoms with E-state index >= 15 is 0 Å². The van der Waals surface area contributed by atoms with Crippen molar-refractivity contribution < 1.29 is 13.2 Å². The number of aromatic nitrogens is 3. The molecule has 0 saturated heterocycles. The van der Waals surface area contributed by atoms with Crippen molar-refractivity contribution in [1.29, 1.82) is 0 Å². The second kappa shape index (κ2) is 8.54. The van der Waals surface area contributed by atoms with Crippen LogP contribution in [0, 0.1) is 0 Å². The highest BCUT2D eigenvalue weighted by Gasteiger charge is 2.15. The summed E-state index contributed by atoms with van der Waals surface area (Å²) < 4.78 is 29.3. The topological polar surface area (TPSA) is 106 Å². The van der Waals surface area contributed by atoms with E-state index in [9.17, 15) is 13.2 Å². The predicted molar refractivity (Wildman–Crippen MR) is 111 cm³/mol. The van der Waals surface area contributed by atoms with E-state index in [1.54, 1.807) is 47.3 Å². The van der Waals surface area contributed by atoms with Crippen LogP contribution in [0.25, 0.3) is 11.1 Å². The normalized spacial score (nSPS) is 11.6. The third-order valence-electron chi connectivity index (χ3n) is 4.23. The Hall–Kier alpha value is -3.04. The number of anilines is 1. The fraction of sp³-hybridized carbons (Fsp3) is 0.250. The van der Waals surface area contributed by atoms with E-state index in [0.29, 0.717) is 11.4 Å². The molecule has 0 saturated carbocycles. The maximum Gasteiger partial charge on any atom is 0.240 e. The Labute approximate surface area is 170 Å². The Bertz CT molecular complexity index is 1090. The number of carbonyl (C=O) groups is 1. The number of nitrogens with zero attached hydrogens (tertiary/aromatic N) is 3. The van der Waals surface area contributed by atoms with Crippen molar-refractivity contribution in [2.24, 2.45) is 0 Å². The quantitative estimate of drug-likeness (QED) is 0.619. The van der Waals surface area contributed by atoms with Crippen LogP contribution in [0.5, 0.6) is 0 Å². The van der Waals surface area contributed by atoms with Crippen LogP contribution in [0.15, 0.2) is 59.6 Å². The summed E-state index contributed by atoms with van der Waals surface area (Å²) in [6, 6.07) is 14.1. The zero-order valence-corrected chi connectivity index (χ0v) is 17.3. The second-order valence-corrected chi connectivity index (χ2v) is 8.66. The van der Waals surface area contributed by atoms with Crippen LogP contribution in [-0.2, 0) is 21.4 Å². The van der Waals surface area contributed by atoms with Gasteiger partial charge < -0.3 is 5.32 Å². The summed E-state index contributed by atoms with van der Waals surface area (Å²) in [5.74, 6) is -0.133. The summed E-state index contributed by atoms with van der Waals surface area (Å²) in [5.41, 5.74) is 3.05. The van der Waals surface area contributed by atoms with Gasteiger partial charge in [-0.15, -0.1) is 5.10 Å². The highest BCUT2D eigenvalue weighted by Crippen LogP contribution is 2.23. The molecule has 0 aliphatic rings. The molecular formula is C20H23N5O3S. The molecule has 1 heterocycles. The van der Waals surface area contributed by atoms with Gasteiger partial charge in [0.15, 0.2) is 0 Å². The number of hydrogen-bond donors (Lipinski definition) is 2. The molecule has 0 fully saturated rings. The Balaban J connectivity index is 1.68. The fourth-order valence-corrected chi connectivity index (χ4v) is 3.67. The van der Waals surface area contributed by atoms with Crippen LogP contribution >= 0.6 is 0 Å². The molecule has 0 bridgehead atoms. The molecule has 8 nitrogen and oxygen atoms in total. The highest BCUT2D eigenvalue weighted by atomic mass is 32.2. The van der Waals surface area contributed by atoms with Crippen molar-refractivity contribution in [1.82, 2.24) is 19.7 Å². The standard InChI is InChI=1S/C20H23N5O3S/c1-14(2)25-13-19(23-24-25)12-21-29(27,28)20-10-6-17(7-11-20)16-4-8-18(9-5-16)22-15(3)26/h4-11,13-14,21H,12H2,1-3H3,(H,22,26). The zero-order valence-electron chi connectivity index (χ0n) is 16.5. The van der Waals surface area contributed by atoms with Crippen molar-refractivity contribution in [3.05, 3.63) is 60.4 Å². The summed E-state index contributed by atoms with van der Waals surface area (Å²) >= 11 is 0. The molecule has 0 radical (unpaired) electrons. The maximum absolute atomic E-state index is 12.5. The van der Waals surface area contributed by atoms with Crippen molar-refractivity contribution >= 4 is 21.6 Å². The van der Waals surface area contributed by atoms with E-state index in [0.717, 1.165) is 11.1 Å². The molecular weight excluding hydrogens is 390 g/mol. The van der Waals surface area contributed by atoms with Gasteiger partial charge in [0.25, 0.3) is 0 Å². The molecule has 0 aliphatic heterocycles. The lowest BCUT2D eigenvalue weighted by Gasteiger charge is -2.08. The first kappa shape index (κ1) is 20.7. The van der Waals surface area contributed by atoms with Gasteiger partial charge in [-0.2, -0.15) is 0 Å². The van der Waals surface area contributed by atoms with Crippen molar-refractivity contribution in [3.8, 4) is 11.1 Å². The van der Waals surface area contributed by atoms with Gasteiger partial charge in [0, 0.05) is 18.7 Å². The van der Waals surface area contributed by atoms with E-state index in [1.165, 1.54) is 6.92 Å². The molecule has 0 unspecified atom stereocenters. The molecule has 3 aromatic rings. The van der Waals surface area contributed by atoms with Crippen LogP contribution < -0.4 is 10.0 Å². The van der Waals surface area contributed by atoms with E-state index < -0.39 is 10.0 Å². The van der Waals surface area contributed by atoms with Gasteiger partial charge >= 0.3 is 0 Å². The summed E-state index contributed by atoms with van der Waals surface area (Å²) in [5, 5.41) is 10.6. The summed E-state index contributed by atoms with van der Waals surface area (Å²) in [4.78, 5) is 11.3. The molecule has 1 aromatic heterocycles. The maximum atomic E-state index is 12.5. The van der Waals surface area contributed by atoms with Crippen molar-refractivity contribution in [2.45, 2.75) is 38.3 Å². The van der Waals surface area contributed by atoms with Crippen molar-refractivity contribution in [2.75, 3.05) is 5.32 Å². The summed E-state index contributed by atoms with van der Waals surface area (Å²) in [6.45, 7) is 5.46. The largest absolute Gasteiger partial charge is 0.326 e. The number of benzene rings is 2. The van der Waals surface area contributed by atoms with Crippen LogP contribution in [0.2, 0.25) is 0 Å².